The summed E-state index contributed by atoms with van der Waals surface area (Å²) in [5.41, 5.74) is 5.40. The van der Waals surface area contributed by atoms with Gasteiger partial charge in [-0.1, -0.05) is 12.2 Å². The molecule has 1 heterocycles. The molecule has 1 aliphatic heterocycles. The third kappa shape index (κ3) is 3.83. The van der Waals surface area contributed by atoms with Gasteiger partial charge in [0, 0.05) is 6.54 Å². The van der Waals surface area contributed by atoms with Gasteiger partial charge >= 0.3 is 5.97 Å². The first-order valence-corrected chi connectivity index (χ1v) is 8.06. The summed E-state index contributed by atoms with van der Waals surface area (Å²) in [4.78, 5) is 14.6. The lowest BCUT2D eigenvalue weighted by molar-refractivity contribution is -0.151. The highest BCUT2D eigenvalue weighted by Gasteiger charge is 2.39. The van der Waals surface area contributed by atoms with Gasteiger partial charge in [0.05, 0.1) is 22.3 Å². The third-order valence-electron chi connectivity index (χ3n) is 3.86. The Hall–Kier alpha value is -0.330. The normalized spacial score (nSPS) is 20.0. The van der Waals surface area contributed by atoms with Gasteiger partial charge in [0.1, 0.15) is 0 Å². The maximum atomic E-state index is 11.7. The Morgan fingerprint density at radius 1 is 1.47 bits per heavy atom. The third-order valence-corrected chi connectivity index (χ3v) is 5.79. The number of esters is 1. The number of carbonyl (C=O) groups is 1. The molecule has 0 atom stereocenters. The van der Waals surface area contributed by atoms with E-state index in [4.69, 9.17) is 22.7 Å². The van der Waals surface area contributed by atoms with Crippen LogP contribution in [0.4, 0.5) is 0 Å². The lowest BCUT2D eigenvalue weighted by Crippen LogP contribution is -2.51. The number of carbonyl (C=O) groups excluding carboxylic acids is 1. The van der Waals surface area contributed by atoms with Crippen LogP contribution in [0.3, 0.4) is 0 Å². The highest BCUT2D eigenvalue weighted by Crippen LogP contribution is 2.35. The Morgan fingerprint density at radius 2 is 2.00 bits per heavy atom. The maximum absolute atomic E-state index is 11.7. The molecule has 0 aromatic heterocycles. The number of piperidine rings is 1. The van der Waals surface area contributed by atoms with Crippen molar-refractivity contribution in [3.63, 3.8) is 0 Å². The summed E-state index contributed by atoms with van der Waals surface area (Å²) in [6, 6.07) is 0. The first kappa shape index (κ1) is 16.7. The highest BCUT2D eigenvalue weighted by molar-refractivity contribution is 8.02. The molecule has 0 bridgehead atoms. The molecule has 0 unspecified atom stereocenters. The molecule has 6 heteroatoms. The van der Waals surface area contributed by atoms with Crippen molar-refractivity contribution in [3.8, 4) is 0 Å². The number of nitrogens with zero attached hydrogens (tertiary/aromatic N) is 1. The number of thioether (sulfide) groups is 1. The number of rotatable bonds is 5. The van der Waals surface area contributed by atoms with Crippen LogP contribution < -0.4 is 5.73 Å². The molecule has 0 spiro atoms. The van der Waals surface area contributed by atoms with Gasteiger partial charge in [-0.2, -0.15) is 11.8 Å². The Kier molecular flexibility index (Phi) is 5.65. The standard InChI is InChI=1S/C13H24N2O2S2/c1-12(2,11(16)17-3)9-15-7-5-13(19-4,6-8-15)10(14)18/h5-9H2,1-4H3,(H2,14,18). The van der Waals surface area contributed by atoms with E-state index in [1.807, 2.05) is 13.8 Å². The number of nitrogens with two attached hydrogens (primary N) is 1. The van der Waals surface area contributed by atoms with Crippen molar-refractivity contribution in [2.75, 3.05) is 33.0 Å². The molecule has 1 aliphatic rings. The summed E-state index contributed by atoms with van der Waals surface area (Å²) < 4.78 is 4.78. The van der Waals surface area contributed by atoms with E-state index in [1.165, 1.54) is 7.11 Å². The second-order valence-corrected chi connectivity index (χ2v) is 7.34. The van der Waals surface area contributed by atoms with Crippen molar-refractivity contribution in [3.05, 3.63) is 0 Å². The second-order valence-electron chi connectivity index (χ2n) is 5.71. The summed E-state index contributed by atoms with van der Waals surface area (Å²) >= 11 is 6.95. The van der Waals surface area contributed by atoms with Crippen LogP contribution >= 0.6 is 24.0 Å². The Balaban J connectivity index is 2.60. The number of hydrogen-bond donors (Lipinski definition) is 1. The molecule has 1 rings (SSSR count). The molecule has 19 heavy (non-hydrogen) atoms. The van der Waals surface area contributed by atoms with Crippen molar-refractivity contribution >= 4 is 34.9 Å². The van der Waals surface area contributed by atoms with E-state index in [-0.39, 0.29) is 10.7 Å². The zero-order chi connectivity index (χ0) is 14.7. The maximum Gasteiger partial charge on any atom is 0.312 e. The van der Waals surface area contributed by atoms with Gasteiger partial charge in [-0.05, 0) is 46.0 Å². The van der Waals surface area contributed by atoms with E-state index < -0.39 is 5.41 Å². The van der Waals surface area contributed by atoms with Gasteiger partial charge in [0.15, 0.2) is 0 Å². The van der Waals surface area contributed by atoms with Crippen LogP contribution in [-0.4, -0.2) is 53.6 Å². The summed E-state index contributed by atoms with van der Waals surface area (Å²) in [6.45, 7) is 6.38. The fraction of sp³-hybridized carbons (Fsp3) is 0.846. The molecule has 4 nitrogen and oxygen atoms in total. The SMILES string of the molecule is COC(=O)C(C)(C)CN1CCC(SC)(C(N)=S)CC1. The monoisotopic (exact) mass is 304 g/mol. The zero-order valence-electron chi connectivity index (χ0n) is 12.2. The zero-order valence-corrected chi connectivity index (χ0v) is 13.8. The molecule has 1 saturated heterocycles. The van der Waals surface area contributed by atoms with Crippen LogP contribution in [0.2, 0.25) is 0 Å². The van der Waals surface area contributed by atoms with Crippen molar-refractivity contribution in [2.45, 2.75) is 31.4 Å². The molecule has 0 aromatic carbocycles. The Bertz CT molecular complexity index is 351. The van der Waals surface area contributed by atoms with E-state index >= 15 is 0 Å². The fourth-order valence-electron chi connectivity index (χ4n) is 2.52. The van der Waals surface area contributed by atoms with Gasteiger partial charge in [-0.3, -0.25) is 4.79 Å². The quantitative estimate of drug-likeness (QED) is 0.616. The van der Waals surface area contributed by atoms with E-state index in [0.29, 0.717) is 11.5 Å². The van der Waals surface area contributed by atoms with Gasteiger partial charge in [0.25, 0.3) is 0 Å². The van der Waals surface area contributed by atoms with Crippen LogP contribution in [0.5, 0.6) is 0 Å². The van der Waals surface area contributed by atoms with E-state index in [9.17, 15) is 4.79 Å². The largest absolute Gasteiger partial charge is 0.469 e. The average molecular weight is 304 g/mol. The van der Waals surface area contributed by atoms with Gasteiger partial charge in [-0.25, -0.2) is 0 Å². The van der Waals surface area contributed by atoms with Crippen molar-refractivity contribution < 1.29 is 9.53 Å². The average Bonchev–Trinajstić information content (AvgIpc) is 2.38. The van der Waals surface area contributed by atoms with E-state index in [0.717, 1.165) is 25.9 Å². The number of ether oxygens (including phenoxy) is 1. The summed E-state index contributed by atoms with van der Waals surface area (Å²) in [5, 5.41) is 0. The summed E-state index contributed by atoms with van der Waals surface area (Å²) in [5.74, 6) is -0.163. The molecular formula is C13H24N2O2S2. The summed E-state index contributed by atoms with van der Waals surface area (Å²) in [6.07, 6.45) is 3.95. The molecule has 2 N–H and O–H groups in total. The van der Waals surface area contributed by atoms with Crippen molar-refractivity contribution in [1.29, 1.82) is 0 Å². The summed E-state index contributed by atoms with van der Waals surface area (Å²) in [7, 11) is 1.44. The van der Waals surface area contributed by atoms with Crippen molar-refractivity contribution in [1.82, 2.24) is 4.90 Å². The van der Waals surface area contributed by atoms with Crippen LogP contribution in [-0.2, 0) is 9.53 Å². The molecule has 0 saturated carbocycles. The molecular weight excluding hydrogens is 280 g/mol. The lowest BCUT2D eigenvalue weighted by Gasteiger charge is -2.42. The molecule has 0 aromatic rings. The van der Waals surface area contributed by atoms with E-state index in [1.54, 1.807) is 11.8 Å². The minimum absolute atomic E-state index is 0.0682. The van der Waals surface area contributed by atoms with Crippen molar-refractivity contribution in [2.24, 2.45) is 11.1 Å². The van der Waals surface area contributed by atoms with Crippen LogP contribution in [0.1, 0.15) is 26.7 Å². The van der Waals surface area contributed by atoms with Gasteiger partial charge < -0.3 is 15.4 Å². The van der Waals surface area contributed by atoms with Gasteiger partial charge in [-0.15, -0.1) is 0 Å². The lowest BCUT2D eigenvalue weighted by atomic mass is 9.90. The molecule has 0 aliphatic carbocycles. The number of thiocarbonyl (C=S) groups is 1. The number of likely N-dealkylation sites (tertiary alicyclic amines) is 1. The molecule has 1 fully saturated rings. The first-order chi connectivity index (χ1) is 8.77. The second kappa shape index (κ2) is 6.41. The molecule has 110 valence electrons. The molecule has 0 radical (unpaired) electrons. The molecule has 0 amide bonds. The van der Waals surface area contributed by atoms with Crippen LogP contribution in [0.15, 0.2) is 0 Å². The Labute approximate surface area is 125 Å². The van der Waals surface area contributed by atoms with Crippen LogP contribution in [0.25, 0.3) is 0 Å². The van der Waals surface area contributed by atoms with Crippen LogP contribution in [0, 0.1) is 5.41 Å². The number of methoxy groups -OCH3 is 1. The van der Waals surface area contributed by atoms with Gasteiger partial charge in [0.2, 0.25) is 0 Å². The van der Waals surface area contributed by atoms with E-state index in [2.05, 4.69) is 11.2 Å². The highest BCUT2D eigenvalue weighted by atomic mass is 32.2. The first-order valence-electron chi connectivity index (χ1n) is 6.43. The minimum atomic E-state index is -0.475. The minimum Gasteiger partial charge on any atom is -0.469 e. The Morgan fingerprint density at radius 3 is 2.37 bits per heavy atom. The number of hydrogen-bond acceptors (Lipinski definition) is 5. The fourth-order valence-corrected chi connectivity index (χ4v) is 3.77. The predicted octanol–water partition coefficient (Wildman–Crippen LogP) is 1.67. The predicted molar refractivity (Wildman–Crippen MR) is 84.5 cm³/mol. The topological polar surface area (TPSA) is 55.6 Å². The smallest absolute Gasteiger partial charge is 0.312 e.